The van der Waals surface area contributed by atoms with Crippen molar-refractivity contribution in [2.75, 3.05) is 25.9 Å². The van der Waals surface area contributed by atoms with Crippen LogP contribution in [-0.4, -0.2) is 83.7 Å². The van der Waals surface area contributed by atoms with Gasteiger partial charge in [0.2, 0.25) is 0 Å². The van der Waals surface area contributed by atoms with Crippen molar-refractivity contribution in [2.45, 2.75) is 109 Å². The molecule has 284 valence electrons. The molecular weight excluding hydrogens is 752 g/mol. The van der Waals surface area contributed by atoms with Crippen molar-refractivity contribution in [1.29, 1.82) is 0 Å². The molecule has 2 aliphatic heterocycles. The molecule has 2 saturated heterocycles. The highest BCUT2D eigenvalue weighted by atomic mass is 35.5. The Balaban J connectivity index is 0.000000286. The number of carbonyl (C=O) groups is 2. The number of methoxy groups -OCH3 is 2. The summed E-state index contributed by atoms with van der Waals surface area (Å²) in [6.45, 7) is 7.39. The normalized spacial score (nSPS) is 21.8. The molecule has 0 saturated carbocycles. The standard InChI is InChI=1S/C17H21NO4S2.C10H17ClO4.C7H5NS2.2CH4/c1-17(2)21-11(9-15(19)20-3)8-12(22-17)10-23-16-18-13-6-4-5-7-14(13)24-16;1-10(2)14-7(5-9(12)13-3)4-8(6-11)15-10;9-7-8-5-3-1-2-4-6(5)10-7;;/h4-7,11-12H,8-10H2,1-3H3;7-8H,4-6H2,1-3H3;1-4H,(H,8,9);2*1H4/t11-,12+;7-,8+;;;/m11.../s1. The minimum Gasteiger partial charge on any atom is -0.469 e. The SMILES string of the molecule is C.C.COC(=O)C[C@H]1C[C@@H](CCl)OC(C)(C)O1.COC(=O)C[C@H]1C[C@@H](CSc2nc3ccccc3s2)OC(C)(C)O1.S=c1[nH]c2ccccc2s1. The van der Waals surface area contributed by atoms with Crippen LogP contribution >= 0.6 is 58.3 Å². The lowest BCUT2D eigenvalue weighted by Crippen LogP contribution is -2.46. The largest absolute Gasteiger partial charge is 0.469 e. The Morgan fingerprint density at radius 2 is 1.35 bits per heavy atom. The van der Waals surface area contributed by atoms with E-state index in [9.17, 15) is 9.59 Å². The average Bonchev–Trinajstić information content (AvgIpc) is 3.65. The molecule has 4 aromatic rings. The van der Waals surface area contributed by atoms with E-state index in [2.05, 4.69) is 26.8 Å². The van der Waals surface area contributed by atoms with Crippen LogP contribution in [-0.2, 0) is 38.0 Å². The molecule has 0 amide bonds. The number of benzene rings is 2. The van der Waals surface area contributed by atoms with Crippen LogP contribution in [0.25, 0.3) is 20.4 Å². The first-order valence-electron chi connectivity index (χ1n) is 15.7. The number of fused-ring (bicyclic) bond motifs is 2. The van der Waals surface area contributed by atoms with Gasteiger partial charge in [0.15, 0.2) is 19.9 Å². The third kappa shape index (κ3) is 14.7. The van der Waals surface area contributed by atoms with Crippen LogP contribution in [0.5, 0.6) is 0 Å². The molecule has 15 heteroatoms. The van der Waals surface area contributed by atoms with E-state index in [-0.39, 0.29) is 64.0 Å². The quantitative estimate of drug-likeness (QED) is 0.0794. The third-order valence-corrected chi connectivity index (χ3v) is 11.1. The molecule has 0 aliphatic carbocycles. The smallest absolute Gasteiger partial charge is 0.308 e. The molecule has 4 atom stereocenters. The number of thioether (sulfide) groups is 1. The first-order chi connectivity index (χ1) is 23.3. The summed E-state index contributed by atoms with van der Waals surface area (Å²) >= 11 is 15.7. The van der Waals surface area contributed by atoms with E-state index in [1.807, 2.05) is 64.1 Å². The Kier molecular flexibility index (Phi) is 18.5. The van der Waals surface area contributed by atoms with Gasteiger partial charge in [0.25, 0.3) is 0 Å². The summed E-state index contributed by atoms with van der Waals surface area (Å²) in [5.41, 5.74) is 2.17. The molecule has 2 aliphatic rings. The maximum Gasteiger partial charge on any atom is 0.308 e. The predicted molar refractivity (Wildman–Crippen MR) is 212 cm³/mol. The highest BCUT2D eigenvalue weighted by molar-refractivity contribution is 8.01. The molecule has 2 fully saturated rings. The average molecular weight is 804 g/mol. The number of hydrogen-bond acceptors (Lipinski definition) is 13. The van der Waals surface area contributed by atoms with Gasteiger partial charge in [-0.3, -0.25) is 9.59 Å². The maximum absolute atomic E-state index is 11.5. The highest BCUT2D eigenvalue weighted by Gasteiger charge is 2.37. The number of thiazole rings is 2. The monoisotopic (exact) mass is 802 g/mol. The van der Waals surface area contributed by atoms with E-state index >= 15 is 0 Å². The summed E-state index contributed by atoms with van der Waals surface area (Å²) in [7, 11) is 2.76. The lowest BCUT2D eigenvalue weighted by Gasteiger charge is -2.40. The van der Waals surface area contributed by atoms with E-state index in [1.54, 1.807) is 34.4 Å². The number of nitrogens with one attached hydrogen (secondary N) is 1. The van der Waals surface area contributed by atoms with Crippen LogP contribution in [0.1, 0.15) is 68.2 Å². The minimum atomic E-state index is -0.699. The zero-order valence-corrected chi connectivity index (χ0v) is 32.4. The van der Waals surface area contributed by atoms with Gasteiger partial charge in [-0.05, 0) is 64.2 Å². The maximum atomic E-state index is 11.5. The topological polar surface area (TPSA) is 118 Å². The molecule has 4 heterocycles. The van der Waals surface area contributed by atoms with Gasteiger partial charge in [-0.2, -0.15) is 0 Å². The number of halogens is 1. The van der Waals surface area contributed by atoms with Gasteiger partial charge >= 0.3 is 11.9 Å². The first kappa shape index (κ1) is 45.0. The number of rotatable bonds is 8. The molecule has 0 spiro atoms. The molecular formula is C36H51ClN2O8S4. The van der Waals surface area contributed by atoms with Gasteiger partial charge in [-0.15, -0.1) is 34.3 Å². The summed E-state index contributed by atoms with van der Waals surface area (Å²) in [6, 6.07) is 16.2. The Hall–Kier alpha value is -2.14. The van der Waals surface area contributed by atoms with Gasteiger partial charge in [-0.1, -0.05) is 50.9 Å². The summed E-state index contributed by atoms with van der Waals surface area (Å²) < 4.78 is 36.6. The lowest BCUT2D eigenvalue weighted by molar-refractivity contribution is -0.296. The van der Waals surface area contributed by atoms with Crippen LogP contribution < -0.4 is 0 Å². The number of H-pyrrole nitrogens is 1. The highest BCUT2D eigenvalue weighted by Crippen LogP contribution is 2.34. The number of nitrogens with zero attached hydrogens (tertiary/aromatic N) is 1. The molecule has 2 aromatic heterocycles. The number of esters is 2. The van der Waals surface area contributed by atoms with Gasteiger partial charge in [0.05, 0.1) is 71.9 Å². The molecule has 1 N–H and O–H groups in total. The molecule has 0 bridgehead atoms. The van der Waals surface area contributed by atoms with Gasteiger partial charge in [-0.25, -0.2) is 4.98 Å². The summed E-state index contributed by atoms with van der Waals surface area (Å²) in [4.78, 5) is 30.4. The van der Waals surface area contributed by atoms with Crippen LogP contribution in [0.15, 0.2) is 52.9 Å². The van der Waals surface area contributed by atoms with Crippen molar-refractivity contribution in [3.05, 3.63) is 52.5 Å². The van der Waals surface area contributed by atoms with Crippen molar-refractivity contribution >= 4 is 90.6 Å². The number of aromatic amines is 1. The van der Waals surface area contributed by atoms with Crippen molar-refractivity contribution in [3.63, 3.8) is 0 Å². The summed E-state index contributed by atoms with van der Waals surface area (Å²) in [5.74, 6) is -0.720. The Bertz CT molecular complexity index is 1660. The zero-order chi connectivity index (χ0) is 35.6. The fraction of sp³-hybridized carbons (Fsp3) is 0.556. The van der Waals surface area contributed by atoms with Crippen LogP contribution in [0.3, 0.4) is 0 Å². The Labute approximate surface area is 323 Å². The van der Waals surface area contributed by atoms with Gasteiger partial charge in [0.1, 0.15) is 0 Å². The fourth-order valence-electron chi connectivity index (χ4n) is 5.40. The van der Waals surface area contributed by atoms with E-state index < -0.39 is 11.6 Å². The van der Waals surface area contributed by atoms with Crippen molar-refractivity contribution in [1.82, 2.24) is 9.97 Å². The summed E-state index contributed by atoms with van der Waals surface area (Å²) in [5, 5.41) is 0. The number of hydrogen-bond donors (Lipinski definition) is 1. The first-order valence-corrected chi connectivity index (χ1v) is 19.3. The van der Waals surface area contributed by atoms with Crippen LogP contribution in [0.4, 0.5) is 0 Å². The Morgan fingerprint density at radius 1 is 0.843 bits per heavy atom. The number of carbonyl (C=O) groups excluding carboxylic acids is 2. The van der Waals surface area contributed by atoms with E-state index in [0.717, 1.165) is 25.1 Å². The Morgan fingerprint density at radius 3 is 1.90 bits per heavy atom. The summed E-state index contributed by atoms with van der Waals surface area (Å²) in [6.07, 6.45) is 1.40. The van der Waals surface area contributed by atoms with Crippen molar-refractivity contribution in [2.24, 2.45) is 0 Å². The predicted octanol–water partition coefficient (Wildman–Crippen LogP) is 9.79. The van der Waals surface area contributed by atoms with E-state index in [1.165, 1.54) is 23.6 Å². The lowest BCUT2D eigenvalue weighted by atomic mass is 10.1. The molecule has 6 rings (SSSR count). The minimum absolute atomic E-state index is 0. The van der Waals surface area contributed by atoms with Crippen LogP contribution in [0.2, 0.25) is 0 Å². The molecule has 10 nitrogen and oxygen atoms in total. The van der Waals surface area contributed by atoms with Crippen LogP contribution in [0, 0.1) is 3.95 Å². The number of alkyl halides is 1. The molecule has 51 heavy (non-hydrogen) atoms. The molecule has 0 unspecified atom stereocenters. The van der Waals surface area contributed by atoms with Gasteiger partial charge < -0.3 is 33.4 Å². The van der Waals surface area contributed by atoms with Crippen molar-refractivity contribution < 1.29 is 38.0 Å². The molecule has 0 radical (unpaired) electrons. The second kappa shape index (κ2) is 20.9. The van der Waals surface area contributed by atoms with Crippen molar-refractivity contribution in [3.8, 4) is 0 Å². The second-order valence-corrected chi connectivity index (χ2v) is 16.5. The molecule has 2 aromatic carbocycles. The number of para-hydroxylation sites is 2. The van der Waals surface area contributed by atoms with E-state index in [0.29, 0.717) is 18.7 Å². The fourth-order valence-corrected chi connectivity index (χ4v) is 8.80. The van der Waals surface area contributed by atoms with Gasteiger partial charge in [0, 0.05) is 24.5 Å². The van der Waals surface area contributed by atoms with E-state index in [4.69, 9.17) is 47.5 Å². The zero-order valence-electron chi connectivity index (χ0n) is 28.4. The number of ether oxygens (including phenoxy) is 6. The number of aromatic nitrogens is 2. The third-order valence-electron chi connectivity index (χ3n) is 7.26. The second-order valence-electron chi connectivity index (χ2n) is 12.2.